The molecule has 1 aliphatic heterocycles. The molecule has 1 N–H and O–H groups in total. The summed E-state index contributed by atoms with van der Waals surface area (Å²) in [6.45, 7) is 6.26. The first kappa shape index (κ1) is 15.4. The van der Waals surface area contributed by atoms with Crippen molar-refractivity contribution in [3.63, 3.8) is 0 Å². The van der Waals surface area contributed by atoms with Gasteiger partial charge in [0.1, 0.15) is 6.10 Å². The summed E-state index contributed by atoms with van der Waals surface area (Å²) in [5.41, 5.74) is 2.58. The van der Waals surface area contributed by atoms with Gasteiger partial charge in [0.25, 0.3) is 0 Å². The molecule has 0 spiro atoms. The molecule has 1 aromatic rings. The van der Waals surface area contributed by atoms with Crippen LogP contribution in [0.1, 0.15) is 17.2 Å². The number of methoxy groups -OCH3 is 2. The maximum Gasteiger partial charge on any atom is 0.105 e. The van der Waals surface area contributed by atoms with E-state index < -0.39 is 0 Å². The molecule has 0 radical (unpaired) electrons. The van der Waals surface area contributed by atoms with E-state index in [0.29, 0.717) is 6.61 Å². The van der Waals surface area contributed by atoms with E-state index in [1.165, 1.54) is 11.1 Å². The van der Waals surface area contributed by atoms with Crippen LogP contribution in [0.2, 0.25) is 0 Å². The molecule has 4 nitrogen and oxygen atoms in total. The Labute approximate surface area is 122 Å². The number of nitrogens with one attached hydrogen (secondary N) is 1. The van der Waals surface area contributed by atoms with Crippen LogP contribution in [0.15, 0.2) is 24.3 Å². The number of piperazine rings is 1. The molecule has 0 amide bonds. The highest BCUT2D eigenvalue weighted by molar-refractivity contribution is 5.25. The van der Waals surface area contributed by atoms with Crippen LogP contribution >= 0.6 is 0 Å². The Bertz CT molecular complexity index is 392. The van der Waals surface area contributed by atoms with Gasteiger partial charge in [0, 0.05) is 46.9 Å². The highest BCUT2D eigenvalue weighted by Crippen LogP contribution is 2.18. The lowest BCUT2D eigenvalue weighted by molar-refractivity contribution is 0.0274. The summed E-state index contributed by atoms with van der Waals surface area (Å²) in [4.78, 5) is 2.52. The van der Waals surface area contributed by atoms with Crippen LogP contribution in [0.3, 0.4) is 0 Å². The first-order valence-corrected chi connectivity index (χ1v) is 7.37. The summed E-state index contributed by atoms with van der Waals surface area (Å²) in [7, 11) is 3.44. The zero-order chi connectivity index (χ0) is 14.2. The zero-order valence-corrected chi connectivity index (χ0v) is 12.6. The molecule has 0 aliphatic carbocycles. The molecule has 0 aromatic heterocycles. The average molecular weight is 278 g/mol. The van der Waals surface area contributed by atoms with Crippen molar-refractivity contribution in [2.24, 2.45) is 0 Å². The van der Waals surface area contributed by atoms with E-state index in [-0.39, 0.29) is 6.10 Å². The van der Waals surface area contributed by atoms with E-state index in [0.717, 1.165) is 39.1 Å². The second-order valence-corrected chi connectivity index (χ2v) is 5.27. The van der Waals surface area contributed by atoms with Gasteiger partial charge in [-0.2, -0.15) is 0 Å². The Hall–Kier alpha value is -0.940. The predicted octanol–water partition coefficient (Wildman–Crippen LogP) is 1.47. The Balaban J connectivity index is 1.91. The second-order valence-electron chi connectivity index (χ2n) is 5.27. The molecule has 2 rings (SSSR count). The van der Waals surface area contributed by atoms with Gasteiger partial charge >= 0.3 is 0 Å². The Morgan fingerprint density at radius 1 is 1.25 bits per heavy atom. The summed E-state index contributed by atoms with van der Waals surface area (Å²) in [5.74, 6) is 0. The lowest BCUT2D eigenvalue weighted by Gasteiger charge is -2.27. The fourth-order valence-electron chi connectivity index (χ4n) is 2.62. The number of benzene rings is 1. The maximum absolute atomic E-state index is 5.48. The molecular weight excluding hydrogens is 252 g/mol. The van der Waals surface area contributed by atoms with E-state index in [9.17, 15) is 0 Å². The lowest BCUT2D eigenvalue weighted by Crippen LogP contribution is -2.44. The number of hydrogen-bond acceptors (Lipinski definition) is 4. The number of hydrogen-bond donors (Lipinski definition) is 1. The number of ether oxygens (including phenoxy) is 2. The molecule has 1 heterocycles. The third kappa shape index (κ3) is 4.56. The molecule has 1 fully saturated rings. The molecule has 0 saturated carbocycles. The Kier molecular flexibility index (Phi) is 6.47. The zero-order valence-electron chi connectivity index (χ0n) is 12.6. The summed E-state index contributed by atoms with van der Waals surface area (Å²) >= 11 is 0. The van der Waals surface area contributed by atoms with Crippen LogP contribution in [0, 0.1) is 0 Å². The van der Waals surface area contributed by atoms with Gasteiger partial charge in [-0.3, -0.25) is 0 Å². The van der Waals surface area contributed by atoms with Gasteiger partial charge < -0.3 is 19.7 Å². The molecule has 1 unspecified atom stereocenters. The van der Waals surface area contributed by atoms with E-state index in [4.69, 9.17) is 9.47 Å². The van der Waals surface area contributed by atoms with Crippen molar-refractivity contribution < 1.29 is 9.47 Å². The fourth-order valence-corrected chi connectivity index (χ4v) is 2.62. The SMILES string of the molecule is COCC(OC)c1cccc(CCN2CCNCC2)c1. The van der Waals surface area contributed by atoms with Crippen LogP contribution in [0.25, 0.3) is 0 Å². The molecule has 0 bridgehead atoms. The first-order chi connectivity index (χ1) is 9.83. The van der Waals surface area contributed by atoms with E-state index in [1.54, 1.807) is 14.2 Å². The molecular formula is C16H26N2O2. The van der Waals surface area contributed by atoms with Crippen LogP contribution in [0.4, 0.5) is 0 Å². The molecule has 1 aliphatic rings. The van der Waals surface area contributed by atoms with Crippen molar-refractivity contribution in [3.05, 3.63) is 35.4 Å². The molecule has 20 heavy (non-hydrogen) atoms. The topological polar surface area (TPSA) is 33.7 Å². The van der Waals surface area contributed by atoms with Gasteiger partial charge in [-0.15, -0.1) is 0 Å². The summed E-state index contributed by atoms with van der Waals surface area (Å²) in [6, 6.07) is 8.67. The normalized spacial score (nSPS) is 18.1. The van der Waals surface area contributed by atoms with Gasteiger partial charge in [-0.1, -0.05) is 24.3 Å². The number of nitrogens with zero attached hydrogens (tertiary/aromatic N) is 1. The molecule has 1 aromatic carbocycles. The molecule has 1 atom stereocenters. The average Bonchev–Trinajstić information content (AvgIpc) is 2.52. The standard InChI is InChI=1S/C16H26N2O2/c1-19-13-16(20-2)15-5-3-4-14(12-15)6-9-18-10-7-17-8-11-18/h3-5,12,16-17H,6-11,13H2,1-2H3. The largest absolute Gasteiger partial charge is 0.382 e. The Morgan fingerprint density at radius 3 is 2.75 bits per heavy atom. The maximum atomic E-state index is 5.48. The van der Waals surface area contributed by atoms with Crippen LogP contribution in [0.5, 0.6) is 0 Å². The van der Waals surface area contributed by atoms with Crippen molar-refractivity contribution in [1.82, 2.24) is 10.2 Å². The third-order valence-electron chi connectivity index (χ3n) is 3.85. The van der Waals surface area contributed by atoms with Crippen molar-refractivity contribution in [3.8, 4) is 0 Å². The van der Waals surface area contributed by atoms with E-state index >= 15 is 0 Å². The van der Waals surface area contributed by atoms with Crippen LogP contribution in [-0.2, 0) is 15.9 Å². The van der Waals surface area contributed by atoms with Gasteiger partial charge in [-0.25, -0.2) is 0 Å². The summed E-state index contributed by atoms with van der Waals surface area (Å²) < 4.78 is 10.7. The van der Waals surface area contributed by atoms with Gasteiger partial charge in [0.05, 0.1) is 6.61 Å². The lowest BCUT2D eigenvalue weighted by atomic mass is 10.0. The summed E-state index contributed by atoms with van der Waals surface area (Å²) in [6.07, 6.45) is 1.12. The highest BCUT2D eigenvalue weighted by atomic mass is 16.5. The first-order valence-electron chi connectivity index (χ1n) is 7.37. The van der Waals surface area contributed by atoms with Crippen molar-refractivity contribution >= 4 is 0 Å². The highest BCUT2D eigenvalue weighted by Gasteiger charge is 2.12. The third-order valence-corrected chi connectivity index (χ3v) is 3.85. The van der Waals surface area contributed by atoms with E-state index in [1.807, 2.05) is 0 Å². The fraction of sp³-hybridized carbons (Fsp3) is 0.625. The van der Waals surface area contributed by atoms with Crippen molar-refractivity contribution in [1.29, 1.82) is 0 Å². The molecule has 4 heteroatoms. The second kappa shape index (κ2) is 8.37. The van der Waals surface area contributed by atoms with Crippen molar-refractivity contribution in [2.75, 3.05) is 53.6 Å². The Morgan fingerprint density at radius 2 is 2.05 bits per heavy atom. The summed E-state index contributed by atoms with van der Waals surface area (Å²) in [5, 5.41) is 3.39. The van der Waals surface area contributed by atoms with E-state index in [2.05, 4.69) is 34.5 Å². The van der Waals surface area contributed by atoms with Crippen LogP contribution < -0.4 is 5.32 Å². The predicted molar refractivity (Wildman–Crippen MR) is 81.1 cm³/mol. The van der Waals surface area contributed by atoms with Gasteiger partial charge in [0.2, 0.25) is 0 Å². The van der Waals surface area contributed by atoms with Gasteiger partial charge in [0.15, 0.2) is 0 Å². The molecule has 1 saturated heterocycles. The smallest absolute Gasteiger partial charge is 0.105 e. The van der Waals surface area contributed by atoms with Crippen molar-refractivity contribution in [2.45, 2.75) is 12.5 Å². The minimum Gasteiger partial charge on any atom is -0.382 e. The van der Waals surface area contributed by atoms with Gasteiger partial charge in [-0.05, 0) is 17.5 Å². The number of rotatable bonds is 7. The minimum absolute atomic E-state index is 0.0270. The van der Waals surface area contributed by atoms with Crippen LogP contribution in [-0.4, -0.2) is 58.5 Å². The molecule has 112 valence electrons. The quantitative estimate of drug-likeness (QED) is 0.819. The minimum atomic E-state index is 0.0270. The monoisotopic (exact) mass is 278 g/mol.